The number of esters is 1. The number of rotatable bonds is 4. The van der Waals surface area contributed by atoms with E-state index < -0.39 is 5.97 Å². The number of nitrogens with zero attached hydrogens (tertiary/aromatic N) is 3. The predicted octanol–water partition coefficient (Wildman–Crippen LogP) is 2.96. The van der Waals surface area contributed by atoms with Crippen LogP contribution >= 0.6 is 0 Å². The summed E-state index contributed by atoms with van der Waals surface area (Å²) in [4.78, 5) is 21.8. The van der Waals surface area contributed by atoms with E-state index in [1.54, 1.807) is 37.0 Å². The normalized spacial score (nSPS) is 11.0. The monoisotopic (exact) mass is 378 g/mol. The molecule has 0 atom stereocenters. The first-order valence-corrected chi connectivity index (χ1v) is 8.46. The fraction of sp³-hybridized carbons (Fsp3) is 0.150. The van der Waals surface area contributed by atoms with Crippen LogP contribution in [-0.2, 0) is 4.74 Å². The van der Waals surface area contributed by atoms with Gasteiger partial charge in [0.1, 0.15) is 28.4 Å². The fourth-order valence-corrected chi connectivity index (χ4v) is 3.18. The lowest BCUT2D eigenvalue weighted by Crippen LogP contribution is -2.08. The van der Waals surface area contributed by atoms with Gasteiger partial charge >= 0.3 is 5.97 Å². The van der Waals surface area contributed by atoms with Crippen LogP contribution in [0.25, 0.3) is 27.9 Å². The lowest BCUT2D eigenvalue weighted by atomic mass is 10.2. The molecule has 0 radical (unpaired) electrons. The summed E-state index contributed by atoms with van der Waals surface area (Å²) in [5.74, 6) is 0.706. The van der Waals surface area contributed by atoms with Crippen molar-refractivity contribution in [2.24, 2.45) is 0 Å². The minimum absolute atomic E-state index is 0.153. The molecule has 4 rings (SSSR count). The number of nitrogen functional groups attached to an aromatic ring is 1. The van der Waals surface area contributed by atoms with E-state index in [0.717, 1.165) is 0 Å². The summed E-state index contributed by atoms with van der Waals surface area (Å²) in [5, 5.41) is 0. The van der Waals surface area contributed by atoms with Gasteiger partial charge in [-0.25, -0.2) is 14.8 Å². The van der Waals surface area contributed by atoms with Crippen LogP contribution in [0.3, 0.4) is 0 Å². The van der Waals surface area contributed by atoms with Gasteiger partial charge in [-0.15, -0.1) is 0 Å². The molecule has 0 fully saturated rings. The topological polar surface area (TPSA) is 101 Å². The van der Waals surface area contributed by atoms with Gasteiger partial charge in [0.25, 0.3) is 0 Å². The van der Waals surface area contributed by atoms with Gasteiger partial charge < -0.3 is 19.9 Å². The largest absolute Gasteiger partial charge is 0.497 e. The average Bonchev–Trinajstić information content (AvgIpc) is 3.01. The van der Waals surface area contributed by atoms with E-state index in [-0.39, 0.29) is 11.4 Å². The van der Waals surface area contributed by atoms with Gasteiger partial charge in [-0.2, -0.15) is 0 Å². The molecule has 0 bridgehead atoms. The molecule has 8 heteroatoms. The molecule has 28 heavy (non-hydrogen) atoms. The maximum atomic E-state index is 12.5. The molecule has 0 aliphatic heterocycles. The number of benzene rings is 2. The summed E-state index contributed by atoms with van der Waals surface area (Å²) < 4.78 is 17.4. The summed E-state index contributed by atoms with van der Waals surface area (Å²) in [6.07, 6.45) is 0. The molecule has 0 unspecified atom stereocenters. The first-order chi connectivity index (χ1) is 13.6. The average molecular weight is 378 g/mol. The van der Waals surface area contributed by atoms with Crippen LogP contribution in [0.4, 0.5) is 5.82 Å². The molecule has 2 aromatic carbocycles. The van der Waals surface area contributed by atoms with Gasteiger partial charge in [0.05, 0.1) is 38.1 Å². The summed E-state index contributed by atoms with van der Waals surface area (Å²) in [6, 6.07) is 12.7. The second-order valence-electron chi connectivity index (χ2n) is 6.01. The molecular weight excluding hydrogens is 360 g/mol. The second kappa shape index (κ2) is 6.73. The molecule has 0 saturated carbocycles. The van der Waals surface area contributed by atoms with Crippen molar-refractivity contribution in [1.29, 1.82) is 0 Å². The Labute approximate surface area is 160 Å². The number of fused-ring (bicyclic) bond motifs is 2. The van der Waals surface area contributed by atoms with Crippen molar-refractivity contribution >= 4 is 34.0 Å². The van der Waals surface area contributed by atoms with Crippen LogP contribution < -0.4 is 15.2 Å². The third-order valence-electron chi connectivity index (χ3n) is 4.51. The maximum Gasteiger partial charge on any atom is 0.343 e. The van der Waals surface area contributed by atoms with Crippen LogP contribution in [-0.4, -0.2) is 41.8 Å². The molecule has 0 spiro atoms. The molecule has 0 amide bonds. The number of para-hydroxylation sites is 2. The minimum Gasteiger partial charge on any atom is -0.497 e. The van der Waals surface area contributed by atoms with E-state index in [1.165, 1.54) is 7.11 Å². The van der Waals surface area contributed by atoms with Crippen LogP contribution in [0.5, 0.6) is 11.5 Å². The minimum atomic E-state index is -0.590. The van der Waals surface area contributed by atoms with Gasteiger partial charge in [0, 0.05) is 6.07 Å². The lowest BCUT2D eigenvalue weighted by molar-refractivity contribution is 0.0604. The molecule has 142 valence electrons. The number of ether oxygens (including phenoxy) is 3. The summed E-state index contributed by atoms with van der Waals surface area (Å²) in [6.45, 7) is 0. The standard InChI is InChI=1S/C20H18N4O4/c1-26-11-8-9-15(27-2)14(10-11)24-18(21)16(20(25)28-3)17-19(24)23-13-7-5-4-6-12(13)22-17/h4-10H,21H2,1-3H3. The Hall–Kier alpha value is -3.81. The highest BCUT2D eigenvalue weighted by Gasteiger charge is 2.26. The lowest BCUT2D eigenvalue weighted by Gasteiger charge is -2.13. The highest BCUT2D eigenvalue weighted by atomic mass is 16.5. The highest BCUT2D eigenvalue weighted by Crippen LogP contribution is 2.36. The Kier molecular flexibility index (Phi) is 4.23. The van der Waals surface area contributed by atoms with Crippen molar-refractivity contribution in [3.63, 3.8) is 0 Å². The van der Waals surface area contributed by atoms with Crippen LogP contribution in [0.2, 0.25) is 0 Å². The number of carbonyl (C=O) groups excluding carboxylic acids is 1. The molecule has 2 aromatic heterocycles. The first kappa shape index (κ1) is 17.6. The van der Waals surface area contributed by atoms with Gasteiger partial charge in [-0.1, -0.05) is 12.1 Å². The van der Waals surface area contributed by atoms with Crippen molar-refractivity contribution in [2.45, 2.75) is 0 Å². The zero-order chi connectivity index (χ0) is 19.8. The molecule has 0 saturated heterocycles. The summed E-state index contributed by atoms with van der Waals surface area (Å²) in [5.41, 5.74) is 9.21. The van der Waals surface area contributed by atoms with Crippen molar-refractivity contribution in [3.05, 3.63) is 48.0 Å². The quantitative estimate of drug-likeness (QED) is 0.545. The predicted molar refractivity (Wildman–Crippen MR) is 105 cm³/mol. The van der Waals surface area contributed by atoms with E-state index in [9.17, 15) is 4.79 Å². The van der Waals surface area contributed by atoms with E-state index in [0.29, 0.717) is 39.4 Å². The van der Waals surface area contributed by atoms with Crippen molar-refractivity contribution in [1.82, 2.24) is 14.5 Å². The van der Waals surface area contributed by atoms with Gasteiger partial charge in [-0.3, -0.25) is 4.57 Å². The zero-order valence-electron chi connectivity index (χ0n) is 15.6. The van der Waals surface area contributed by atoms with Crippen molar-refractivity contribution in [2.75, 3.05) is 27.1 Å². The Morgan fingerprint density at radius 2 is 1.71 bits per heavy atom. The second-order valence-corrected chi connectivity index (χ2v) is 6.01. The van der Waals surface area contributed by atoms with Crippen LogP contribution in [0.15, 0.2) is 42.5 Å². The molecule has 2 N–H and O–H groups in total. The third-order valence-corrected chi connectivity index (χ3v) is 4.51. The number of carbonyl (C=O) groups is 1. The molecule has 0 aliphatic rings. The third kappa shape index (κ3) is 2.58. The smallest absolute Gasteiger partial charge is 0.343 e. The fourth-order valence-electron chi connectivity index (χ4n) is 3.18. The number of aromatic nitrogens is 3. The maximum absolute atomic E-state index is 12.5. The van der Waals surface area contributed by atoms with Crippen molar-refractivity contribution < 1.29 is 19.0 Å². The number of nitrogens with two attached hydrogens (primary N) is 1. The van der Waals surface area contributed by atoms with Crippen LogP contribution in [0.1, 0.15) is 10.4 Å². The van der Waals surface area contributed by atoms with E-state index in [1.807, 2.05) is 24.3 Å². The van der Waals surface area contributed by atoms with E-state index in [4.69, 9.17) is 24.9 Å². The first-order valence-electron chi connectivity index (χ1n) is 8.46. The molecule has 8 nitrogen and oxygen atoms in total. The Bertz CT molecular complexity index is 1220. The SMILES string of the molecule is COC(=O)c1c(N)n(-c2cc(OC)ccc2OC)c2nc3ccccc3nc12. The van der Waals surface area contributed by atoms with E-state index in [2.05, 4.69) is 4.98 Å². The van der Waals surface area contributed by atoms with E-state index >= 15 is 0 Å². The van der Waals surface area contributed by atoms with Crippen molar-refractivity contribution in [3.8, 4) is 17.2 Å². The Balaban J connectivity index is 2.16. The Morgan fingerprint density at radius 3 is 2.36 bits per heavy atom. The highest BCUT2D eigenvalue weighted by molar-refractivity contribution is 6.09. The van der Waals surface area contributed by atoms with Gasteiger partial charge in [0.15, 0.2) is 5.65 Å². The zero-order valence-corrected chi connectivity index (χ0v) is 15.6. The van der Waals surface area contributed by atoms with Gasteiger partial charge in [-0.05, 0) is 24.3 Å². The number of hydrogen-bond donors (Lipinski definition) is 1. The number of hydrogen-bond acceptors (Lipinski definition) is 7. The molecular formula is C20H18N4O4. The molecule has 2 heterocycles. The Morgan fingerprint density at radius 1 is 1.00 bits per heavy atom. The molecule has 4 aromatic rings. The van der Waals surface area contributed by atoms with Crippen LogP contribution in [0, 0.1) is 0 Å². The summed E-state index contributed by atoms with van der Waals surface area (Å²) in [7, 11) is 4.41. The van der Waals surface area contributed by atoms with Gasteiger partial charge in [0.2, 0.25) is 0 Å². The number of methoxy groups -OCH3 is 3. The molecule has 0 aliphatic carbocycles. The number of anilines is 1. The summed E-state index contributed by atoms with van der Waals surface area (Å²) >= 11 is 0.